The molecule has 210 valence electrons. The molecule has 0 amide bonds. The molecular formula is C32H38F3NO3. The third kappa shape index (κ3) is 6.62. The van der Waals surface area contributed by atoms with Crippen molar-refractivity contribution in [2.24, 2.45) is 5.92 Å². The number of fused-ring (bicyclic) bond motifs is 3. The summed E-state index contributed by atoms with van der Waals surface area (Å²) in [5.74, 6) is 0.699. The smallest absolute Gasteiger partial charge is 0.416 e. The van der Waals surface area contributed by atoms with E-state index in [9.17, 15) is 18.0 Å². The Morgan fingerprint density at radius 1 is 0.974 bits per heavy atom. The van der Waals surface area contributed by atoms with Crippen molar-refractivity contribution in [2.45, 2.75) is 103 Å². The molecule has 7 heteroatoms. The Labute approximate surface area is 228 Å². The Hall–Kier alpha value is -2.96. The van der Waals surface area contributed by atoms with Gasteiger partial charge >= 0.3 is 12.1 Å². The van der Waals surface area contributed by atoms with Gasteiger partial charge in [0.2, 0.25) is 0 Å². The summed E-state index contributed by atoms with van der Waals surface area (Å²) in [6.45, 7) is 5.64. The first kappa shape index (κ1) is 27.6. The molecule has 0 spiro atoms. The molecule has 5 rings (SSSR count). The molecule has 39 heavy (non-hydrogen) atoms. The summed E-state index contributed by atoms with van der Waals surface area (Å²) in [6, 6.07) is 12.5. The summed E-state index contributed by atoms with van der Waals surface area (Å²) in [5.41, 5.74) is 1.95. The molecule has 2 aliphatic rings. The zero-order valence-electron chi connectivity index (χ0n) is 23.1. The molecule has 4 nitrogen and oxygen atoms in total. The fraction of sp³-hybridized carbons (Fsp3) is 0.531. The van der Waals surface area contributed by atoms with Gasteiger partial charge in [0.25, 0.3) is 0 Å². The van der Waals surface area contributed by atoms with E-state index in [1.165, 1.54) is 18.2 Å². The van der Waals surface area contributed by atoms with Crippen LogP contribution in [0.15, 0.2) is 42.5 Å². The summed E-state index contributed by atoms with van der Waals surface area (Å²) in [4.78, 5) is 12.5. The average molecular weight is 542 g/mol. The number of carbonyl (C=O) groups is 1. The topological polar surface area (TPSA) is 40.5 Å². The number of esters is 1. The van der Waals surface area contributed by atoms with Crippen molar-refractivity contribution in [2.75, 3.05) is 0 Å². The van der Waals surface area contributed by atoms with Gasteiger partial charge in [-0.2, -0.15) is 13.2 Å². The lowest BCUT2D eigenvalue weighted by Gasteiger charge is -2.23. The second-order valence-corrected chi connectivity index (χ2v) is 12.2. The SMILES string of the molecule is CC(C)(C)OC(=O)CC1CCc2cc3ccc(OCc4ccc(CC5CCCCC5)c(C(F)(F)F)c4)cc3n21. The van der Waals surface area contributed by atoms with Gasteiger partial charge in [0.15, 0.2) is 0 Å². The molecule has 3 aromatic rings. The second-order valence-electron chi connectivity index (χ2n) is 12.2. The Morgan fingerprint density at radius 2 is 1.74 bits per heavy atom. The Balaban J connectivity index is 1.31. The van der Waals surface area contributed by atoms with E-state index in [1.807, 2.05) is 39.0 Å². The zero-order valence-corrected chi connectivity index (χ0v) is 23.1. The Bertz CT molecular complexity index is 1330. The molecule has 1 fully saturated rings. The number of hydrogen-bond acceptors (Lipinski definition) is 3. The minimum Gasteiger partial charge on any atom is -0.489 e. The van der Waals surface area contributed by atoms with Gasteiger partial charge in [-0.25, -0.2) is 0 Å². The van der Waals surface area contributed by atoms with Crippen LogP contribution in [0.3, 0.4) is 0 Å². The highest BCUT2D eigenvalue weighted by atomic mass is 19.4. The molecule has 1 aliphatic carbocycles. The van der Waals surface area contributed by atoms with E-state index in [4.69, 9.17) is 9.47 Å². The summed E-state index contributed by atoms with van der Waals surface area (Å²) in [6.07, 6.45) is 3.54. The van der Waals surface area contributed by atoms with Crippen molar-refractivity contribution in [1.82, 2.24) is 4.57 Å². The van der Waals surface area contributed by atoms with E-state index in [1.54, 1.807) is 12.1 Å². The Kier molecular flexibility index (Phi) is 7.71. The molecule has 0 saturated heterocycles. The van der Waals surface area contributed by atoms with Crippen molar-refractivity contribution in [3.63, 3.8) is 0 Å². The van der Waals surface area contributed by atoms with Gasteiger partial charge in [-0.05, 0) is 81.3 Å². The molecule has 2 aromatic carbocycles. The molecule has 1 unspecified atom stereocenters. The molecular weight excluding hydrogens is 503 g/mol. The molecule has 0 N–H and O–H groups in total. The minimum absolute atomic E-state index is 0.00801. The first-order valence-corrected chi connectivity index (χ1v) is 14.1. The van der Waals surface area contributed by atoms with Gasteiger partial charge in [0.05, 0.1) is 17.5 Å². The lowest BCUT2D eigenvalue weighted by atomic mass is 9.83. The standard InChI is InChI=1S/C32H38F3NO3/c1-31(2,3)39-30(37)18-26-13-12-25-17-24-11-14-27(19-29(24)36(25)26)38-20-22-9-10-23(28(16-22)32(33,34)35)15-21-7-5-4-6-8-21/h9-11,14,16-17,19,21,26H,4-8,12-13,15,18,20H2,1-3H3. The number of alkyl halides is 3. The van der Waals surface area contributed by atoms with Crippen molar-refractivity contribution in [1.29, 1.82) is 0 Å². The van der Waals surface area contributed by atoms with E-state index in [0.29, 0.717) is 35.6 Å². The average Bonchev–Trinajstić information content (AvgIpc) is 3.41. The van der Waals surface area contributed by atoms with E-state index in [0.717, 1.165) is 49.4 Å². The van der Waals surface area contributed by atoms with Crippen LogP contribution >= 0.6 is 0 Å². The molecule has 0 bridgehead atoms. The number of aryl methyl sites for hydroxylation is 1. The van der Waals surface area contributed by atoms with Gasteiger partial charge in [-0.15, -0.1) is 0 Å². The van der Waals surface area contributed by atoms with Crippen LogP contribution in [0.25, 0.3) is 10.9 Å². The molecule has 1 atom stereocenters. The van der Waals surface area contributed by atoms with Crippen LogP contribution in [-0.4, -0.2) is 16.1 Å². The van der Waals surface area contributed by atoms with E-state index < -0.39 is 17.3 Å². The predicted molar refractivity (Wildman–Crippen MR) is 146 cm³/mol. The minimum atomic E-state index is -4.39. The second kappa shape index (κ2) is 10.9. The highest BCUT2D eigenvalue weighted by Gasteiger charge is 2.34. The van der Waals surface area contributed by atoms with Crippen LogP contribution in [0.2, 0.25) is 0 Å². The van der Waals surface area contributed by atoms with Crippen LogP contribution < -0.4 is 4.74 Å². The third-order valence-corrected chi connectivity index (χ3v) is 7.93. The van der Waals surface area contributed by atoms with E-state index in [2.05, 4.69) is 10.6 Å². The van der Waals surface area contributed by atoms with Gasteiger partial charge in [-0.1, -0.05) is 44.2 Å². The molecule has 1 aliphatic heterocycles. The van der Waals surface area contributed by atoms with Gasteiger partial charge in [-0.3, -0.25) is 4.79 Å². The van der Waals surface area contributed by atoms with Gasteiger partial charge in [0, 0.05) is 23.2 Å². The predicted octanol–water partition coefficient (Wildman–Crippen LogP) is 8.58. The summed E-state index contributed by atoms with van der Waals surface area (Å²) in [5, 5.41) is 1.05. The number of carbonyl (C=O) groups excluding carboxylic acids is 1. The van der Waals surface area contributed by atoms with Crippen molar-refractivity contribution in [3.8, 4) is 5.75 Å². The number of hydrogen-bond donors (Lipinski definition) is 0. The van der Waals surface area contributed by atoms with E-state index in [-0.39, 0.29) is 18.6 Å². The molecule has 2 heterocycles. The number of nitrogens with zero attached hydrogens (tertiary/aromatic N) is 1. The first-order valence-electron chi connectivity index (χ1n) is 14.1. The van der Waals surface area contributed by atoms with Crippen molar-refractivity contribution in [3.05, 3.63) is 64.8 Å². The number of rotatable bonds is 7. The van der Waals surface area contributed by atoms with Crippen LogP contribution in [0.5, 0.6) is 5.75 Å². The number of ether oxygens (including phenoxy) is 2. The summed E-state index contributed by atoms with van der Waals surface area (Å²) in [7, 11) is 0. The normalized spacial score (nSPS) is 18.4. The molecule has 1 saturated carbocycles. The maximum Gasteiger partial charge on any atom is 0.416 e. The fourth-order valence-electron chi connectivity index (χ4n) is 6.21. The summed E-state index contributed by atoms with van der Waals surface area (Å²) >= 11 is 0. The molecule has 0 radical (unpaired) electrons. The highest BCUT2D eigenvalue weighted by molar-refractivity contribution is 5.84. The summed E-state index contributed by atoms with van der Waals surface area (Å²) < 4.78 is 55.6. The third-order valence-electron chi connectivity index (χ3n) is 7.93. The van der Waals surface area contributed by atoms with Crippen LogP contribution in [-0.2, 0) is 35.2 Å². The fourth-order valence-corrected chi connectivity index (χ4v) is 6.21. The monoisotopic (exact) mass is 541 g/mol. The lowest BCUT2D eigenvalue weighted by molar-refractivity contribution is -0.155. The first-order chi connectivity index (χ1) is 18.5. The largest absolute Gasteiger partial charge is 0.489 e. The maximum absolute atomic E-state index is 14.0. The number of halogens is 3. The van der Waals surface area contributed by atoms with Crippen molar-refractivity contribution >= 4 is 16.9 Å². The maximum atomic E-state index is 14.0. The quantitative estimate of drug-likeness (QED) is 0.281. The highest BCUT2D eigenvalue weighted by Crippen LogP contribution is 2.38. The van der Waals surface area contributed by atoms with Crippen LogP contribution in [0.4, 0.5) is 13.2 Å². The number of aromatic nitrogens is 1. The Morgan fingerprint density at radius 3 is 2.46 bits per heavy atom. The van der Waals surface area contributed by atoms with Crippen LogP contribution in [0.1, 0.15) is 94.1 Å². The zero-order chi connectivity index (χ0) is 27.8. The lowest BCUT2D eigenvalue weighted by Crippen LogP contribution is -2.25. The molecule has 1 aromatic heterocycles. The van der Waals surface area contributed by atoms with Gasteiger partial charge < -0.3 is 14.0 Å². The van der Waals surface area contributed by atoms with Crippen molar-refractivity contribution < 1.29 is 27.4 Å². The van der Waals surface area contributed by atoms with Gasteiger partial charge in [0.1, 0.15) is 18.0 Å². The number of benzene rings is 2. The van der Waals surface area contributed by atoms with Crippen LogP contribution in [0, 0.1) is 5.92 Å². The van der Waals surface area contributed by atoms with E-state index >= 15 is 0 Å².